The molecule has 2 heterocycles. The molecular weight excluding hydrogens is 799 g/mol. The van der Waals surface area contributed by atoms with E-state index in [0.717, 1.165) is 38.5 Å². The molecule has 60 heavy (non-hydrogen) atoms. The van der Waals surface area contributed by atoms with Crippen LogP contribution in [0.1, 0.15) is 96.7 Å². The third-order valence-corrected chi connectivity index (χ3v) is 11.2. The number of amides is 6. The molecule has 0 saturated carbocycles. The molecule has 3 rings (SSSR count). The normalized spacial score (nSPS) is 17.4. The van der Waals surface area contributed by atoms with Crippen LogP contribution in [0.4, 0.5) is 0 Å². The number of imidazole rings is 1. The van der Waals surface area contributed by atoms with Crippen LogP contribution in [0.5, 0.6) is 0 Å². The molecule has 0 spiro atoms. The van der Waals surface area contributed by atoms with Crippen molar-refractivity contribution in [3.63, 3.8) is 0 Å². The van der Waals surface area contributed by atoms with Gasteiger partial charge in [0.25, 0.3) is 0 Å². The molecule has 19 nitrogen and oxygen atoms in total. The van der Waals surface area contributed by atoms with Crippen molar-refractivity contribution in [2.45, 2.75) is 135 Å². The van der Waals surface area contributed by atoms with Crippen LogP contribution >= 0.6 is 7.82 Å². The van der Waals surface area contributed by atoms with Crippen molar-refractivity contribution in [1.82, 2.24) is 36.1 Å². The van der Waals surface area contributed by atoms with Gasteiger partial charge in [-0.05, 0) is 56.9 Å². The van der Waals surface area contributed by atoms with Gasteiger partial charge in [-0.1, -0.05) is 69.9 Å². The predicted octanol–water partition coefficient (Wildman–Crippen LogP) is 1.53. The first-order chi connectivity index (χ1) is 28.5. The number of H-pyrrole nitrogens is 1. The van der Waals surface area contributed by atoms with Gasteiger partial charge in [0.1, 0.15) is 30.2 Å². The minimum atomic E-state index is -4.70. The van der Waals surface area contributed by atoms with Gasteiger partial charge in [-0.3, -0.25) is 37.8 Å². The summed E-state index contributed by atoms with van der Waals surface area (Å²) in [6.45, 7) is 5.65. The van der Waals surface area contributed by atoms with Crippen molar-refractivity contribution in [3.8, 4) is 0 Å². The number of aromatic amines is 1. The Bertz CT molecular complexity index is 1730. The molecule has 1 aromatic carbocycles. The molecule has 7 atom stereocenters. The predicted molar refractivity (Wildman–Crippen MR) is 220 cm³/mol. The molecule has 0 bridgehead atoms. The summed E-state index contributed by atoms with van der Waals surface area (Å²) in [5.74, 6) is -4.69. The first kappa shape index (κ1) is 49.7. The lowest BCUT2D eigenvalue weighted by Crippen LogP contribution is -2.61. The second-order valence-electron chi connectivity index (χ2n) is 15.5. The number of benzene rings is 1. The van der Waals surface area contributed by atoms with Crippen LogP contribution in [-0.4, -0.2) is 116 Å². The SMILES string of the molecule is CC(=O)N1CCCC1C(=O)NC(CC(C)C)C(=O)NC(Cc1cnc[nH]1)C(=O)NC(CO)C(=O)NC(C(N)=O)C(C)OP(=O)(O)OCCCCCCCCc1ccccc1. The zero-order chi connectivity index (χ0) is 44.2. The van der Waals surface area contributed by atoms with E-state index in [2.05, 4.69) is 43.4 Å². The molecule has 9 N–H and O–H groups in total. The van der Waals surface area contributed by atoms with Crippen LogP contribution in [0, 0.1) is 5.92 Å². The second-order valence-corrected chi connectivity index (χ2v) is 16.9. The smallest absolute Gasteiger partial charge is 0.394 e. The highest BCUT2D eigenvalue weighted by molar-refractivity contribution is 7.47. The number of primary amides is 1. The highest BCUT2D eigenvalue weighted by atomic mass is 31.2. The van der Waals surface area contributed by atoms with Crippen molar-refractivity contribution in [2.75, 3.05) is 19.8 Å². The van der Waals surface area contributed by atoms with Crippen LogP contribution in [0.2, 0.25) is 0 Å². The summed E-state index contributed by atoms with van der Waals surface area (Å²) in [5, 5.41) is 20.1. The molecule has 1 aliphatic heterocycles. The maximum Gasteiger partial charge on any atom is 0.472 e. The second kappa shape index (κ2) is 25.2. The third kappa shape index (κ3) is 17.1. The highest BCUT2D eigenvalue weighted by Crippen LogP contribution is 2.45. The van der Waals surface area contributed by atoms with E-state index in [1.54, 1.807) is 0 Å². The summed E-state index contributed by atoms with van der Waals surface area (Å²) in [7, 11) is -4.70. The highest BCUT2D eigenvalue weighted by Gasteiger charge is 2.37. The molecule has 6 amide bonds. The number of nitrogens with zero attached hydrogens (tertiary/aromatic N) is 2. The van der Waals surface area contributed by atoms with Gasteiger partial charge in [-0.2, -0.15) is 0 Å². The number of aromatic nitrogens is 2. The fourth-order valence-corrected chi connectivity index (χ4v) is 7.85. The number of rotatable bonds is 27. The Hall–Kier alpha value is -4.68. The van der Waals surface area contributed by atoms with Crippen molar-refractivity contribution < 1.29 is 52.4 Å². The summed E-state index contributed by atoms with van der Waals surface area (Å²) in [6.07, 6.45) is 8.73. The van der Waals surface area contributed by atoms with Crippen molar-refractivity contribution in [2.24, 2.45) is 11.7 Å². The number of unbranched alkanes of at least 4 members (excludes halogenated alkanes) is 5. The Labute approximate surface area is 351 Å². The van der Waals surface area contributed by atoms with Gasteiger partial charge < -0.3 is 46.9 Å². The Balaban J connectivity index is 1.56. The largest absolute Gasteiger partial charge is 0.472 e. The Kier molecular flexibility index (Phi) is 20.8. The van der Waals surface area contributed by atoms with E-state index in [-0.39, 0.29) is 31.3 Å². The van der Waals surface area contributed by atoms with E-state index in [1.165, 1.54) is 36.8 Å². The maximum absolute atomic E-state index is 13.7. The van der Waals surface area contributed by atoms with Crippen LogP contribution < -0.4 is 27.0 Å². The number of carbonyl (C=O) groups is 6. The molecule has 1 saturated heterocycles. The summed E-state index contributed by atoms with van der Waals surface area (Å²) >= 11 is 0. The summed E-state index contributed by atoms with van der Waals surface area (Å²) in [5.41, 5.74) is 7.23. The number of phosphoric acid groups is 1. The number of hydrogen-bond donors (Lipinski definition) is 8. The number of nitrogens with two attached hydrogens (primary N) is 1. The fraction of sp³-hybridized carbons (Fsp3) is 0.625. The van der Waals surface area contributed by atoms with E-state index in [0.29, 0.717) is 31.5 Å². The van der Waals surface area contributed by atoms with E-state index < -0.39 is 80.3 Å². The number of phosphoric ester groups is 1. The Morgan fingerprint density at radius 2 is 1.55 bits per heavy atom. The van der Waals surface area contributed by atoms with Crippen molar-refractivity contribution >= 4 is 43.3 Å². The van der Waals surface area contributed by atoms with Gasteiger partial charge in [0.2, 0.25) is 35.4 Å². The molecule has 0 aliphatic carbocycles. The van der Waals surface area contributed by atoms with E-state index in [1.807, 2.05) is 32.0 Å². The first-order valence-electron chi connectivity index (χ1n) is 20.6. The fourth-order valence-electron chi connectivity index (χ4n) is 6.89. The molecule has 1 aromatic heterocycles. The molecule has 1 aliphatic rings. The van der Waals surface area contributed by atoms with E-state index >= 15 is 0 Å². The van der Waals surface area contributed by atoms with Crippen molar-refractivity contribution in [3.05, 3.63) is 54.1 Å². The van der Waals surface area contributed by atoms with Crippen LogP contribution in [0.25, 0.3) is 0 Å². The van der Waals surface area contributed by atoms with Crippen LogP contribution in [0.15, 0.2) is 42.9 Å². The average Bonchev–Trinajstić information content (AvgIpc) is 3.91. The summed E-state index contributed by atoms with van der Waals surface area (Å²) < 4.78 is 22.9. The summed E-state index contributed by atoms with van der Waals surface area (Å²) in [6, 6.07) is 3.65. The number of nitrogens with one attached hydrogen (secondary N) is 5. The molecular formula is C40H63N8O11P. The van der Waals surface area contributed by atoms with Crippen molar-refractivity contribution in [1.29, 1.82) is 0 Å². The Morgan fingerprint density at radius 3 is 2.17 bits per heavy atom. The topological polar surface area (TPSA) is 284 Å². The zero-order valence-electron chi connectivity index (χ0n) is 35.0. The van der Waals surface area contributed by atoms with Gasteiger partial charge in [0.05, 0.1) is 25.6 Å². The summed E-state index contributed by atoms with van der Waals surface area (Å²) in [4.78, 5) is 97.1. The maximum atomic E-state index is 13.7. The number of likely N-dealkylation sites (tertiary alicyclic amines) is 1. The number of aryl methyl sites for hydroxylation is 1. The number of aliphatic hydroxyl groups is 1. The van der Waals surface area contributed by atoms with Gasteiger partial charge in [0.15, 0.2) is 0 Å². The number of aliphatic hydroxyl groups excluding tert-OH is 1. The quantitative estimate of drug-likeness (QED) is 0.0469. The lowest BCUT2D eigenvalue weighted by Gasteiger charge is -2.28. The van der Waals surface area contributed by atoms with Gasteiger partial charge in [-0.25, -0.2) is 9.55 Å². The average molecular weight is 863 g/mol. The molecule has 334 valence electrons. The third-order valence-electron chi connectivity index (χ3n) is 10.1. The van der Waals surface area contributed by atoms with Gasteiger partial charge in [-0.15, -0.1) is 0 Å². The first-order valence-corrected chi connectivity index (χ1v) is 22.1. The van der Waals surface area contributed by atoms with Gasteiger partial charge >= 0.3 is 7.82 Å². The number of hydrogen-bond acceptors (Lipinski definition) is 11. The molecule has 20 heteroatoms. The molecule has 1 fully saturated rings. The molecule has 7 unspecified atom stereocenters. The van der Waals surface area contributed by atoms with Crippen LogP contribution in [-0.2, 0) is 55.2 Å². The Morgan fingerprint density at radius 1 is 0.917 bits per heavy atom. The minimum absolute atomic E-state index is 0.0672. The monoisotopic (exact) mass is 862 g/mol. The van der Waals surface area contributed by atoms with Gasteiger partial charge in [0, 0.05) is 31.8 Å². The number of carbonyl (C=O) groups excluding carboxylic acids is 6. The molecule has 0 radical (unpaired) electrons. The lowest BCUT2D eigenvalue weighted by atomic mass is 10.0. The zero-order valence-corrected chi connectivity index (χ0v) is 35.9. The van der Waals surface area contributed by atoms with Crippen LogP contribution in [0.3, 0.4) is 0 Å². The minimum Gasteiger partial charge on any atom is -0.394 e. The van der Waals surface area contributed by atoms with E-state index in [9.17, 15) is 43.3 Å². The lowest BCUT2D eigenvalue weighted by molar-refractivity contribution is -0.139. The standard InChI is InChI=1S/C40H63N8O11P/c1-26(2)21-31(45-40(55)34-18-14-19-48(34)28(4)50)37(52)44-32(22-30-23-42-25-43-30)38(53)46-33(24-49)39(54)47-35(36(41)51)27(3)59-60(56,57)58-20-13-8-6-5-7-10-15-29-16-11-9-12-17-29/h9,11-12,16-17,23,25-27,31-35,49H,5-8,10,13-15,18-22,24H2,1-4H3,(H2,41,51)(H,42,43)(H,44,52)(H,45,55)(H,46,53)(H,47,54)(H,56,57). The van der Waals surface area contributed by atoms with E-state index in [4.69, 9.17) is 14.8 Å². The molecule has 2 aromatic rings.